The number of nitrogens with zero attached hydrogens (tertiary/aromatic N) is 3. The molecule has 0 radical (unpaired) electrons. The number of amides is 3. The zero-order chi connectivity index (χ0) is 28.1. The Bertz CT molecular complexity index is 1530. The zero-order valence-electron chi connectivity index (χ0n) is 22.7. The Morgan fingerprint density at radius 2 is 1.93 bits per heavy atom. The Kier molecular flexibility index (Phi) is 8.40. The number of urea groups is 1. The molecule has 0 saturated heterocycles. The van der Waals surface area contributed by atoms with Crippen LogP contribution in [0.25, 0.3) is 11.1 Å². The molecule has 0 aliphatic carbocycles. The van der Waals surface area contributed by atoms with Crippen molar-refractivity contribution in [1.29, 1.82) is 0 Å². The number of hydrogen-bond donors (Lipinski definition) is 2. The average molecular weight is 556 g/mol. The molecule has 3 aromatic carbocycles. The minimum Gasteiger partial charge on any atom is -0.493 e. The van der Waals surface area contributed by atoms with Crippen molar-refractivity contribution in [2.45, 2.75) is 38.1 Å². The molecule has 3 amide bonds. The van der Waals surface area contributed by atoms with Crippen molar-refractivity contribution in [2.24, 2.45) is 5.73 Å². The second-order valence-electron chi connectivity index (χ2n) is 9.81. The summed E-state index contributed by atoms with van der Waals surface area (Å²) in [5.74, 6) is 1.83. The van der Waals surface area contributed by atoms with Gasteiger partial charge in [0.25, 0.3) is 0 Å². The molecule has 2 heterocycles. The number of thioether (sulfide) groups is 1. The van der Waals surface area contributed by atoms with Gasteiger partial charge in [-0.3, -0.25) is 9.48 Å². The fourth-order valence-electron chi connectivity index (χ4n) is 4.82. The highest BCUT2D eigenvalue weighted by molar-refractivity contribution is 7.99. The van der Waals surface area contributed by atoms with Crippen LogP contribution in [0.1, 0.15) is 29.5 Å². The Morgan fingerprint density at radius 3 is 2.77 bits per heavy atom. The first-order chi connectivity index (χ1) is 19.4. The molecule has 0 bridgehead atoms. The van der Waals surface area contributed by atoms with E-state index in [-0.39, 0.29) is 5.91 Å². The number of anilines is 2. The maximum atomic E-state index is 13.3. The molecule has 1 aliphatic rings. The van der Waals surface area contributed by atoms with E-state index in [0.29, 0.717) is 38.2 Å². The number of nitrogens with one attached hydrogen (secondary N) is 1. The Labute approximate surface area is 238 Å². The Morgan fingerprint density at radius 1 is 1.10 bits per heavy atom. The van der Waals surface area contributed by atoms with Gasteiger partial charge < -0.3 is 20.7 Å². The zero-order valence-corrected chi connectivity index (χ0v) is 23.5. The van der Waals surface area contributed by atoms with Gasteiger partial charge in [-0.2, -0.15) is 5.10 Å². The van der Waals surface area contributed by atoms with Crippen LogP contribution in [0.3, 0.4) is 0 Å². The quantitative estimate of drug-likeness (QED) is 0.247. The third kappa shape index (κ3) is 6.31. The van der Waals surface area contributed by atoms with Gasteiger partial charge in [0.2, 0.25) is 5.91 Å². The third-order valence-electron chi connectivity index (χ3n) is 6.98. The summed E-state index contributed by atoms with van der Waals surface area (Å²) in [6, 6.07) is 19.1. The van der Waals surface area contributed by atoms with Crippen molar-refractivity contribution in [3.05, 3.63) is 89.7 Å². The highest BCUT2D eigenvalue weighted by atomic mass is 32.2. The predicted octanol–water partition coefficient (Wildman–Crippen LogP) is 6.00. The van der Waals surface area contributed by atoms with Gasteiger partial charge in [-0.1, -0.05) is 36.4 Å². The molecule has 0 spiro atoms. The monoisotopic (exact) mass is 555 g/mol. The van der Waals surface area contributed by atoms with Gasteiger partial charge in [0.15, 0.2) is 0 Å². The van der Waals surface area contributed by atoms with Crippen molar-refractivity contribution in [3.8, 4) is 16.9 Å². The summed E-state index contributed by atoms with van der Waals surface area (Å²) in [4.78, 5) is 27.4. The normalized spacial score (nSPS) is 12.6. The minimum absolute atomic E-state index is 0.114. The molecule has 0 unspecified atom stereocenters. The number of hydrogen-bond acceptors (Lipinski definition) is 5. The number of benzene rings is 3. The van der Waals surface area contributed by atoms with E-state index < -0.39 is 6.03 Å². The van der Waals surface area contributed by atoms with Crippen molar-refractivity contribution in [2.75, 3.05) is 29.1 Å². The van der Waals surface area contributed by atoms with Gasteiger partial charge in [-0.15, -0.1) is 11.8 Å². The summed E-state index contributed by atoms with van der Waals surface area (Å²) in [5.41, 5.74) is 12.2. The summed E-state index contributed by atoms with van der Waals surface area (Å²) < 4.78 is 7.83. The van der Waals surface area contributed by atoms with Crippen LogP contribution in [-0.2, 0) is 11.3 Å². The molecule has 4 aromatic rings. The number of carbonyl (C=O) groups excluding carboxylic acids is 2. The molecule has 206 valence electrons. The third-order valence-corrected chi connectivity index (χ3v) is 8.08. The molecular formula is C31H33N5O3S. The highest BCUT2D eigenvalue weighted by Gasteiger charge is 2.25. The van der Waals surface area contributed by atoms with Crippen LogP contribution in [0, 0.1) is 13.8 Å². The molecule has 1 aromatic heterocycles. The topological polar surface area (TPSA) is 102 Å². The number of rotatable bonds is 9. The molecule has 1 aliphatic heterocycles. The van der Waals surface area contributed by atoms with Crippen LogP contribution in [0.2, 0.25) is 0 Å². The molecular weight excluding hydrogens is 522 g/mol. The van der Waals surface area contributed by atoms with Gasteiger partial charge >= 0.3 is 6.03 Å². The van der Waals surface area contributed by atoms with E-state index in [1.165, 1.54) is 5.56 Å². The summed E-state index contributed by atoms with van der Waals surface area (Å²) >= 11 is 1.77. The lowest BCUT2D eigenvalue weighted by Gasteiger charge is -2.30. The number of carbonyl (C=O) groups is 2. The van der Waals surface area contributed by atoms with Gasteiger partial charge in [0.1, 0.15) is 5.75 Å². The number of aromatic nitrogens is 2. The van der Waals surface area contributed by atoms with E-state index in [2.05, 4.69) is 36.4 Å². The summed E-state index contributed by atoms with van der Waals surface area (Å²) in [6.45, 7) is 5.87. The van der Waals surface area contributed by atoms with Crippen molar-refractivity contribution in [3.63, 3.8) is 0 Å². The van der Waals surface area contributed by atoms with E-state index >= 15 is 0 Å². The first-order valence-corrected chi connectivity index (χ1v) is 14.3. The van der Waals surface area contributed by atoms with Crippen molar-refractivity contribution in [1.82, 2.24) is 9.78 Å². The van der Waals surface area contributed by atoms with E-state index in [9.17, 15) is 9.59 Å². The molecule has 0 atom stereocenters. The second-order valence-corrected chi connectivity index (χ2v) is 10.9. The van der Waals surface area contributed by atoms with Gasteiger partial charge in [0, 0.05) is 46.6 Å². The first-order valence-electron chi connectivity index (χ1n) is 13.3. The Hall–Kier alpha value is -4.24. The van der Waals surface area contributed by atoms with Gasteiger partial charge in [-0.25, -0.2) is 4.79 Å². The van der Waals surface area contributed by atoms with E-state index in [0.717, 1.165) is 44.3 Å². The maximum Gasteiger partial charge on any atom is 0.316 e. The fourth-order valence-corrected chi connectivity index (χ4v) is 5.97. The average Bonchev–Trinajstić information content (AvgIpc) is 3.40. The maximum absolute atomic E-state index is 13.3. The number of fused-ring (bicyclic) bond motifs is 1. The summed E-state index contributed by atoms with van der Waals surface area (Å²) in [5, 5.41) is 7.17. The van der Waals surface area contributed by atoms with E-state index in [1.54, 1.807) is 17.8 Å². The smallest absolute Gasteiger partial charge is 0.316 e. The number of aryl methyl sites for hydroxylation is 1. The summed E-state index contributed by atoms with van der Waals surface area (Å²) in [6.07, 6.45) is 4.96. The summed E-state index contributed by atoms with van der Waals surface area (Å²) in [7, 11) is 0. The molecule has 40 heavy (non-hydrogen) atoms. The lowest BCUT2D eigenvalue weighted by atomic mass is 10.1. The van der Waals surface area contributed by atoms with Crippen LogP contribution in [0.4, 0.5) is 16.2 Å². The van der Waals surface area contributed by atoms with Crippen molar-refractivity contribution < 1.29 is 14.3 Å². The van der Waals surface area contributed by atoms with Crippen LogP contribution < -0.4 is 20.7 Å². The van der Waals surface area contributed by atoms with Crippen LogP contribution >= 0.6 is 11.8 Å². The lowest BCUT2D eigenvalue weighted by Crippen LogP contribution is -2.35. The Balaban J connectivity index is 1.25. The molecule has 5 rings (SSSR count). The van der Waals surface area contributed by atoms with Gasteiger partial charge in [0.05, 0.1) is 25.0 Å². The number of primary amides is 1. The van der Waals surface area contributed by atoms with Crippen molar-refractivity contribution >= 4 is 35.1 Å². The predicted molar refractivity (Wildman–Crippen MR) is 160 cm³/mol. The number of nitrogens with two attached hydrogens (primary N) is 1. The van der Waals surface area contributed by atoms with Crippen LogP contribution in [-0.4, -0.2) is 40.6 Å². The van der Waals surface area contributed by atoms with Gasteiger partial charge in [-0.05, 0) is 61.2 Å². The standard InChI is InChI=1S/C31H33N5O3S/c1-21-7-3-12-28(22(21)2)39-15-6-13-29(37)36-14-16-40-30-26(10-5-11-27(30)36)24-18-33-35(20-24)19-23-8-4-9-25(17-23)34-31(32)38/h3-5,7-12,17-18,20H,6,13-16,19H2,1-2H3,(H3,32,34,38). The number of ether oxygens (including phenoxy) is 1. The highest BCUT2D eigenvalue weighted by Crippen LogP contribution is 2.42. The molecule has 8 nitrogen and oxygen atoms in total. The SMILES string of the molecule is Cc1cccc(OCCCC(=O)N2CCSc3c(-c4cnn(Cc5cccc(NC(N)=O)c5)c4)cccc32)c1C. The van der Waals surface area contributed by atoms with Crippen LogP contribution in [0.15, 0.2) is 78.0 Å². The second kappa shape index (κ2) is 12.3. The molecule has 0 fully saturated rings. The lowest BCUT2D eigenvalue weighted by molar-refractivity contribution is -0.118. The fraction of sp³-hybridized carbons (Fsp3) is 0.258. The van der Waals surface area contributed by atoms with Crippen LogP contribution in [0.5, 0.6) is 5.75 Å². The molecule has 3 N–H and O–H groups in total. The minimum atomic E-state index is -0.594. The first kappa shape index (κ1) is 27.3. The molecule has 0 saturated carbocycles. The van der Waals surface area contributed by atoms with E-state index in [1.807, 2.05) is 64.4 Å². The largest absolute Gasteiger partial charge is 0.493 e. The molecule has 9 heteroatoms. The van der Waals surface area contributed by atoms with E-state index in [4.69, 9.17) is 10.5 Å².